The average molecular weight is 1780 g/mol. The molecule has 6 heteroatoms. The van der Waals surface area contributed by atoms with Crippen molar-refractivity contribution in [3.63, 3.8) is 0 Å². The number of benzene rings is 4. The molecule has 0 atom stereocenters. The molecule has 0 aliphatic carbocycles. The molecule has 0 bridgehead atoms. The van der Waals surface area contributed by atoms with Gasteiger partial charge in [-0.15, -0.1) is 16.6 Å². The molecule has 4 aromatic rings. The van der Waals surface area contributed by atoms with Crippen LogP contribution in [0.1, 0.15) is 513 Å². The molecule has 4 nitrogen and oxygen atoms in total. The van der Waals surface area contributed by atoms with Gasteiger partial charge in [-0.05, 0) is 172 Å². The van der Waals surface area contributed by atoms with Crippen molar-refractivity contribution in [1.82, 2.24) is 0 Å². The van der Waals surface area contributed by atoms with Crippen molar-refractivity contribution in [2.45, 2.75) is 494 Å². The second-order valence-electron chi connectivity index (χ2n) is 34.0. The summed E-state index contributed by atoms with van der Waals surface area (Å²) in [6, 6.07) is 36.1. The van der Waals surface area contributed by atoms with E-state index < -0.39 is 0 Å². The van der Waals surface area contributed by atoms with Crippen molar-refractivity contribution in [1.29, 1.82) is 0 Å². The quantitative estimate of drug-likeness (QED) is 0.00487. The number of allylic oxidation sites excluding steroid dienone is 4. The van der Waals surface area contributed by atoms with Crippen LogP contribution in [0, 0.1) is 39.5 Å². The third kappa shape index (κ3) is 61.0. The largest absolute Gasteiger partial charge is 2.00 e. The minimum atomic E-state index is 0. The van der Waals surface area contributed by atoms with Crippen LogP contribution < -0.4 is 0 Å². The number of hydrogen-bond acceptors (Lipinski definition) is 0. The average Bonchev–Trinajstić information content (AvgIpc) is 1.59. The molecule has 684 valence electrons. The molecule has 1 heterocycles. The van der Waals surface area contributed by atoms with Gasteiger partial charge in [0.2, 0.25) is 11.4 Å². The van der Waals surface area contributed by atoms with Gasteiger partial charge < -0.3 is 38.8 Å². The smallest absolute Gasteiger partial charge is 0.493 e. The van der Waals surface area contributed by atoms with E-state index in [-0.39, 0.29) is 36.9 Å². The molecule has 1 aliphatic heterocycles. The monoisotopic (exact) mass is 1780 g/mol. The maximum atomic E-state index is 11.9. The van der Waals surface area contributed by atoms with Crippen LogP contribution in [0.2, 0.25) is 0 Å². The summed E-state index contributed by atoms with van der Waals surface area (Å²) in [7, 11) is 0. The Labute approximate surface area is 772 Å². The SMILES string of the molecule is CCCCCCCCCCCCCCCCCCCCCCCCC#CCCc1ccccc1C(=C(CCCC)C(=C=[N+]=[N-])CCCC)c1cccc(CCCC)c1.CCCCCCCCc1cccc(C2=C(CCCC)C(CCCC)=C(c3cccc(CCCC)c3)[N+]2=[N-])c1.[CH2-]CCCC.[CH2-]CCCC.[CH2-]CCCCC.[CH2-]CCCCC.[Ni+2].[Pd+2]. The molecule has 5 rings (SSSR count). The summed E-state index contributed by atoms with van der Waals surface area (Å²) in [4.78, 5) is 3.47. The predicted molar refractivity (Wildman–Crippen MR) is 531 cm³/mol. The summed E-state index contributed by atoms with van der Waals surface area (Å²) < 4.78 is 1.55. The Bertz CT molecular complexity index is 3220. The molecule has 0 aromatic heterocycles. The molecule has 0 unspecified atom stereocenters. The van der Waals surface area contributed by atoms with Crippen molar-refractivity contribution in [3.05, 3.63) is 203 Å². The van der Waals surface area contributed by atoms with Gasteiger partial charge in [-0.2, -0.15) is 25.7 Å². The normalized spacial score (nSPS) is 11.5. The van der Waals surface area contributed by atoms with Gasteiger partial charge in [0.25, 0.3) is 0 Å². The van der Waals surface area contributed by atoms with Crippen LogP contribution in [0.3, 0.4) is 0 Å². The Morgan fingerprint density at radius 2 is 0.658 bits per heavy atom. The van der Waals surface area contributed by atoms with Crippen molar-refractivity contribution in [3.8, 4) is 11.8 Å². The maximum absolute atomic E-state index is 11.9. The van der Waals surface area contributed by atoms with Crippen LogP contribution in [0.5, 0.6) is 0 Å². The Kier molecular flexibility index (Phi) is 90.6. The van der Waals surface area contributed by atoms with E-state index >= 15 is 0 Å². The summed E-state index contributed by atoms with van der Waals surface area (Å²) in [6.45, 7) is 41.7. The van der Waals surface area contributed by atoms with Crippen LogP contribution in [0.25, 0.3) is 28.0 Å². The first kappa shape index (κ1) is 120. The van der Waals surface area contributed by atoms with Gasteiger partial charge in [-0.3, -0.25) is 0 Å². The number of aryl methyl sites for hydroxylation is 4. The molecule has 0 N–H and O–H groups in total. The van der Waals surface area contributed by atoms with Gasteiger partial charge in [0.15, 0.2) is 0 Å². The zero-order chi connectivity index (χ0) is 86.6. The molecule has 0 saturated carbocycles. The van der Waals surface area contributed by atoms with Crippen molar-refractivity contribution >= 4 is 22.8 Å². The van der Waals surface area contributed by atoms with Gasteiger partial charge in [0.05, 0.1) is 5.57 Å². The Morgan fingerprint density at radius 1 is 0.325 bits per heavy atom. The summed E-state index contributed by atoms with van der Waals surface area (Å²) in [6.07, 6.45) is 80.4. The first-order chi connectivity index (χ1) is 58.0. The zero-order valence-electron chi connectivity index (χ0n) is 80.7. The fourth-order valence-corrected chi connectivity index (χ4v) is 15.5. The molecule has 4 aromatic carbocycles. The summed E-state index contributed by atoms with van der Waals surface area (Å²) >= 11 is 0. The molecule has 0 radical (unpaired) electrons. The van der Waals surface area contributed by atoms with E-state index in [4.69, 9.17) is 0 Å². The van der Waals surface area contributed by atoms with Crippen LogP contribution in [0.4, 0.5) is 0 Å². The standard InChI is InChI=1S/C56H88N2.C36H52N2.2C6H13.2C5H11.Ni.Pd/c1-5-9-13-14-15-16-17-18-19-20-21-22-23-24-25-26-27-28-29-30-31-32-33-34-35-36-43-51-44-37-38-47-54(51)56(52-45-39-41-50(48-52)40-10-6-2)55(46-12-8-4)53(49-58-57)42-11-7-3;1-5-9-13-14-15-16-20-30-22-18-24-32(28-30)36-34(26-12-8-4)33(25-11-7-3)35(38(36)37)31-23-17-21-29(27-31)19-10-6-2;2*1-3-5-6-4-2;2*1-3-5-4-2;;/h37-39,41,44-45,47-48H,5-33,36,40,42-43,46H2,1-4H3;17-18,21-24,27-28H,5-16,19-20,25-26H2,1-4H3;2*1,3-6H2,2H3;2*1,3-5H2,2H3;;/q;;4*-1;2*+2. The second-order valence-corrected chi connectivity index (χ2v) is 34.0. The van der Waals surface area contributed by atoms with E-state index in [1.165, 1.54) is 325 Å². The number of nitrogens with zero attached hydrogens (tertiary/aromatic N) is 4. The Morgan fingerprint density at radius 3 is 1.04 bits per heavy atom. The van der Waals surface area contributed by atoms with Crippen LogP contribution in [-0.4, -0.2) is 15.4 Å². The van der Waals surface area contributed by atoms with E-state index in [9.17, 15) is 11.1 Å². The number of unbranched alkanes of at least 4 members (excludes halogenated alkanes) is 43. The molecule has 120 heavy (non-hydrogen) atoms. The molecular weight excluding hydrogens is 1590 g/mol. The minimum Gasteiger partial charge on any atom is -0.493 e. The molecule has 0 fully saturated rings. The third-order valence-corrected chi connectivity index (χ3v) is 22.9. The fraction of sp³-hybridized carbons (Fsp3) is 0.667. The number of rotatable bonds is 64. The van der Waals surface area contributed by atoms with Crippen molar-refractivity contribution in [2.75, 3.05) is 0 Å². The fourth-order valence-electron chi connectivity index (χ4n) is 15.5. The molecule has 0 amide bonds. The molecule has 0 saturated heterocycles. The molecular formula is C114H188N4NiPd. The van der Waals surface area contributed by atoms with Crippen LogP contribution >= 0.6 is 0 Å². The topological polar surface area (TPSA) is 61.7 Å². The summed E-state index contributed by atoms with van der Waals surface area (Å²) in [5, 5.41) is 0. The summed E-state index contributed by atoms with van der Waals surface area (Å²) in [5.74, 6) is 10.1. The van der Waals surface area contributed by atoms with Gasteiger partial charge >= 0.3 is 42.8 Å². The minimum absolute atomic E-state index is 0. The van der Waals surface area contributed by atoms with E-state index in [0.29, 0.717) is 0 Å². The zero-order valence-corrected chi connectivity index (χ0v) is 83.3. The predicted octanol–water partition coefficient (Wildman–Crippen LogP) is 38.3. The van der Waals surface area contributed by atoms with Gasteiger partial charge in [-0.1, -0.05) is 426 Å². The summed E-state index contributed by atoms with van der Waals surface area (Å²) in [5.41, 5.74) is 40.3. The Balaban J connectivity index is -0.00000187. The van der Waals surface area contributed by atoms with Gasteiger partial charge in [0.1, 0.15) is 0 Å². The van der Waals surface area contributed by atoms with Crippen molar-refractivity contribution < 1.29 is 46.4 Å². The first-order valence-electron chi connectivity index (χ1n) is 50.6. The van der Waals surface area contributed by atoms with E-state index in [2.05, 4.69) is 230 Å². The molecule has 0 spiro atoms. The third-order valence-electron chi connectivity index (χ3n) is 22.9. The first-order valence-corrected chi connectivity index (χ1v) is 50.6. The van der Waals surface area contributed by atoms with E-state index in [0.717, 1.165) is 169 Å². The number of hydrogen-bond donors (Lipinski definition) is 0. The van der Waals surface area contributed by atoms with Gasteiger partial charge in [-0.25, -0.2) is 4.70 Å². The van der Waals surface area contributed by atoms with E-state index in [1.807, 2.05) is 0 Å². The van der Waals surface area contributed by atoms with E-state index in [1.54, 1.807) is 4.70 Å². The Hall–Kier alpha value is -4.42. The van der Waals surface area contributed by atoms with Crippen molar-refractivity contribution in [2.24, 2.45) is 0 Å². The van der Waals surface area contributed by atoms with Gasteiger partial charge in [0, 0.05) is 35.1 Å². The van der Waals surface area contributed by atoms with Crippen LogP contribution in [0.15, 0.2) is 119 Å². The second kappa shape index (κ2) is 90.8. The maximum Gasteiger partial charge on any atom is 2.00 e. The molecule has 1 aliphatic rings. The van der Waals surface area contributed by atoms with Crippen LogP contribution in [-0.2, 0) is 62.6 Å².